The predicted molar refractivity (Wildman–Crippen MR) is 364 cm³/mol. The molecular formula is C72H88N4O23S2. The molecule has 9 N–H and O–H groups in total. The number of aliphatic carboxylic acids is 1. The van der Waals surface area contributed by atoms with Gasteiger partial charge < -0.3 is 79.5 Å². The van der Waals surface area contributed by atoms with Crippen molar-refractivity contribution in [3.8, 4) is 0 Å². The van der Waals surface area contributed by atoms with Gasteiger partial charge in [0.25, 0.3) is 5.91 Å². The molecule has 1 amide bonds. The molecule has 27 nitrogen and oxygen atoms in total. The number of carbonyl (C=O) groups excluding carboxylic acids is 3. The molecule has 0 aromatic heterocycles. The molecule has 0 saturated carbocycles. The maximum absolute atomic E-state index is 14.3. The molecule has 546 valence electrons. The lowest BCUT2D eigenvalue weighted by molar-refractivity contribution is -0.221. The van der Waals surface area contributed by atoms with Crippen LogP contribution in [0.25, 0.3) is 11.6 Å². The summed E-state index contributed by atoms with van der Waals surface area (Å²) in [5.41, 5.74) is 3.69. The standard InChI is InChI=1S/C38H42N2O10S.C34H46N2O13S/c1-23(2)20-40(21-33(41)27(16-24-6-4-3-5-7-24)18-35(42)50-34-22-49-38-29(34)14-15-48-38)51(46,47)28-12-13-32-30(19-28)31(36(43)39-32)17-25-8-10-26(11-9-25)37(44)45;1-19(2)16-36(50(44,45)23-10-8-22(9-11-23)35-32-30(41)28(39)29(40)31(49-32)33(42)43)17-25(37)21(14-20-6-4-3-5-7-20)15-27(38)48-26-18-47-34-24(26)12-13-46-34/h3-13,17,19,23,27,29,33-34,38,41H,14-16,18,20-22H2,1-2H3,(H,39,43)(H,44,45);3-11,19,21,24-26,28-32,34-35,37,39-41H,12-18H2,1-2H3,(H,42,43)/b31-17-;. The van der Waals surface area contributed by atoms with E-state index in [0.29, 0.717) is 49.3 Å². The number of nitrogens with one attached hydrogen (secondary N) is 2. The lowest BCUT2D eigenvalue weighted by Gasteiger charge is -2.39. The molecule has 101 heavy (non-hydrogen) atoms. The highest BCUT2D eigenvalue weighted by Crippen LogP contribution is 2.38. The van der Waals surface area contributed by atoms with Crippen LogP contribution in [0.3, 0.4) is 0 Å². The number of carboxylic acid groups (broad SMARTS) is 2. The van der Waals surface area contributed by atoms with Gasteiger partial charge in [-0.25, -0.2) is 26.4 Å². The third kappa shape index (κ3) is 19.0. The first kappa shape index (κ1) is 76.1. The zero-order chi connectivity index (χ0) is 72.4. The molecule has 0 spiro atoms. The fraction of sp³-hybridized carbons (Fsp3) is 0.486. The van der Waals surface area contributed by atoms with Crippen molar-refractivity contribution in [3.05, 3.63) is 155 Å². The number of carbonyl (C=O) groups is 5. The van der Waals surface area contributed by atoms with Gasteiger partial charge in [0.2, 0.25) is 20.0 Å². The maximum Gasteiger partial charge on any atom is 0.335 e. The van der Waals surface area contributed by atoms with Gasteiger partial charge in [-0.15, -0.1) is 0 Å². The summed E-state index contributed by atoms with van der Waals surface area (Å²) in [5, 5.41) is 77.7. The van der Waals surface area contributed by atoms with E-state index in [4.69, 9.17) is 33.2 Å². The minimum atomic E-state index is -4.21. The first-order chi connectivity index (χ1) is 48.1. The third-order valence-corrected chi connectivity index (χ3v) is 22.3. The zero-order valence-electron chi connectivity index (χ0n) is 56.3. The maximum atomic E-state index is 14.3. The number of aliphatic hydroxyl groups is 5. The van der Waals surface area contributed by atoms with Crippen molar-refractivity contribution in [3.63, 3.8) is 0 Å². The van der Waals surface area contributed by atoms with E-state index in [2.05, 4.69) is 10.6 Å². The van der Waals surface area contributed by atoms with Gasteiger partial charge >= 0.3 is 23.9 Å². The lowest BCUT2D eigenvalue weighted by atomic mass is 9.90. The molecule has 6 heterocycles. The number of hydrogen-bond donors (Lipinski definition) is 9. The Morgan fingerprint density at radius 2 is 1.10 bits per heavy atom. The van der Waals surface area contributed by atoms with Gasteiger partial charge in [-0.3, -0.25) is 14.4 Å². The van der Waals surface area contributed by atoms with E-state index in [1.54, 1.807) is 18.2 Å². The van der Waals surface area contributed by atoms with E-state index >= 15 is 0 Å². The number of nitrogens with zero attached hydrogens (tertiary/aromatic N) is 2. The molecule has 0 bridgehead atoms. The third-order valence-electron chi connectivity index (χ3n) is 18.6. The zero-order valence-corrected chi connectivity index (χ0v) is 57.9. The van der Waals surface area contributed by atoms with E-state index in [0.717, 1.165) is 17.5 Å². The molecule has 0 radical (unpaired) electrons. The molecule has 5 aromatic carbocycles. The molecule has 5 aromatic rings. The molecule has 6 aliphatic rings. The van der Waals surface area contributed by atoms with Crippen LogP contribution < -0.4 is 10.6 Å². The smallest absolute Gasteiger partial charge is 0.335 e. The number of hydrogen-bond acceptors (Lipinski definition) is 22. The summed E-state index contributed by atoms with van der Waals surface area (Å²) in [4.78, 5) is 62.0. The number of sulfonamides is 2. The second-order valence-corrected chi connectivity index (χ2v) is 31.0. The highest BCUT2D eigenvalue weighted by molar-refractivity contribution is 7.89. The Kier molecular flexibility index (Phi) is 25.4. The normalized spacial score (nSPS) is 25.6. The van der Waals surface area contributed by atoms with Crippen LogP contribution in [0.1, 0.15) is 86.0 Å². The fourth-order valence-electron chi connectivity index (χ4n) is 13.3. The van der Waals surface area contributed by atoms with Crippen molar-refractivity contribution in [1.29, 1.82) is 0 Å². The monoisotopic (exact) mass is 1440 g/mol. The molecule has 6 aliphatic heterocycles. The SMILES string of the molecule is CC(C)CN(CC(O)C(CC(=O)OC1COC2OCCC12)Cc1ccccc1)S(=O)(=O)c1ccc(NC2OC(C(=O)O)C(O)C(O)C2O)cc1.CC(C)CN(CC(O)C(CC(=O)OC1COC2OCCC12)Cc1ccccc1)S(=O)(=O)c1ccc2c(c1)/C(=C/c1ccc(C(=O)O)cc1)C(=O)N2. The number of benzene rings is 5. The van der Waals surface area contributed by atoms with E-state index in [1.165, 1.54) is 63.2 Å². The second-order valence-electron chi connectivity index (χ2n) is 27.1. The van der Waals surface area contributed by atoms with Gasteiger partial charge in [-0.2, -0.15) is 8.61 Å². The van der Waals surface area contributed by atoms with Crippen molar-refractivity contribution in [2.24, 2.45) is 35.5 Å². The Labute approximate surface area is 586 Å². The largest absolute Gasteiger partial charge is 0.479 e. The van der Waals surface area contributed by atoms with Crippen LogP contribution in [0.5, 0.6) is 0 Å². The summed E-state index contributed by atoms with van der Waals surface area (Å²) in [6, 6.07) is 34.4. The van der Waals surface area contributed by atoms with E-state index in [-0.39, 0.29) is 109 Å². The molecule has 15 atom stereocenters. The quantitative estimate of drug-likeness (QED) is 0.0225. The molecule has 5 fully saturated rings. The number of aliphatic hydroxyl groups excluding tert-OH is 5. The van der Waals surface area contributed by atoms with Gasteiger partial charge in [0, 0.05) is 60.5 Å². The predicted octanol–water partition coefficient (Wildman–Crippen LogP) is 4.99. The van der Waals surface area contributed by atoms with E-state index in [1.807, 2.05) is 88.4 Å². The summed E-state index contributed by atoms with van der Waals surface area (Å²) in [7, 11) is -8.39. The van der Waals surface area contributed by atoms with Crippen LogP contribution in [0.4, 0.5) is 11.4 Å². The number of esters is 2. The molecule has 29 heteroatoms. The van der Waals surface area contributed by atoms with Crippen molar-refractivity contribution in [2.75, 3.05) is 63.2 Å². The van der Waals surface area contributed by atoms with Gasteiger partial charge in [-0.05, 0) is 115 Å². The second kappa shape index (κ2) is 33.7. The van der Waals surface area contributed by atoms with Crippen LogP contribution in [-0.2, 0) is 85.2 Å². The van der Waals surface area contributed by atoms with Gasteiger partial charge in [-0.1, -0.05) is 100 Å². The molecular weight excluding hydrogens is 1350 g/mol. The van der Waals surface area contributed by atoms with Crippen LogP contribution in [0, 0.1) is 35.5 Å². The summed E-state index contributed by atoms with van der Waals surface area (Å²) in [5.74, 6) is -5.69. The van der Waals surface area contributed by atoms with Gasteiger partial charge in [0.15, 0.2) is 24.9 Å². The summed E-state index contributed by atoms with van der Waals surface area (Å²) >= 11 is 0. The Morgan fingerprint density at radius 1 is 0.614 bits per heavy atom. The molecule has 11 rings (SSSR count). The molecule has 5 saturated heterocycles. The van der Waals surface area contributed by atoms with Crippen molar-refractivity contribution in [1.82, 2.24) is 8.61 Å². The van der Waals surface area contributed by atoms with Crippen molar-refractivity contribution >= 4 is 72.9 Å². The number of ether oxygens (including phenoxy) is 7. The van der Waals surface area contributed by atoms with Crippen LogP contribution in [-0.4, -0.2) is 211 Å². The summed E-state index contributed by atoms with van der Waals surface area (Å²) in [6.45, 7) is 8.56. The van der Waals surface area contributed by atoms with E-state index in [9.17, 15) is 76.6 Å². The van der Waals surface area contributed by atoms with Crippen LogP contribution >= 0.6 is 0 Å². The summed E-state index contributed by atoms with van der Waals surface area (Å²) in [6.07, 6.45) is -9.37. The van der Waals surface area contributed by atoms with Gasteiger partial charge in [0.1, 0.15) is 30.5 Å². The summed E-state index contributed by atoms with van der Waals surface area (Å²) < 4.78 is 98.1. The minimum absolute atomic E-state index is 0.0382. The number of anilines is 2. The lowest BCUT2D eigenvalue weighted by Crippen LogP contribution is -2.61. The number of rotatable bonds is 29. The fourth-order valence-corrected chi connectivity index (χ4v) is 16.6. The average Bonchev–Trinajstić information content (AvgIpc) is 1.69. The average molecular weight is 1440 g/mol. The minimum Gasteiger partial charge on any atom is -0.479 e. The Hall–Kier alpha value is -7.59. The van der Waals surface area contributed by atoms with Crippen molar-refractivity contribution < 1.29 is 110 Å². The number of aromatic carboxylic acids is 1. The Morgan fingerprint density at radius 3 is 1.57 bits per heavy atom. The number of fused-ring (bicyclic) bond motifs is 3. The first-order valence-electron chi connectivity index (χ1n) is 33.7. The van der Waals surface area contributed by atoms with Gasteiger partial charge in [0.05, 0.1) is 78.7 Å². The van der Waals surface area contributed by atoms with E-state index < -0.39 is 123 Å². The topological polar surface area (TPSA) is 390 Å². The highest BCUT2D eigenvalue weighted by atomic mass is 32.2. The van der Waals surface area contributed by atoms with Crippen LogP contribution in [0.15, 0.2) is 137 Å². The first-order valence-corrected chi connectivity index (χ1v) is 36.6. The van der Waals surface area contributed by atoms with Crippen LogP contribution in [0.2, 0.25) is 0 Å². The Balaban J connectivity index is 0.000000218. The number of carboxylic acids is 2. The number of amides is 1. The molecule has 15 unspecified atom stereocenters. The molecule has 0 aliphatic carbocycles. The Bertz CT molecular complexity index is 3940. The highest BCUT2D eigenvalue weighted by Gasteiger charge is 2.48. The van der Waals surface area contributed by atoms with Crippen molar-refractivity contribution in [2.45, 2.75) is 144 Å².